The Morgan fingerprint density at radius 2 is 1.67 bits per heavy atom. The molecule has 0 bridgehead atoms. The second kappa shape index (κ2) is 6.93. The van der Waals surface area contributed by atoms with Crippen molar-refractivity contribution in [1.82, 2.24) is 4.90 Å². The van der Waals surface area contributed by atoms with Crippen molar-refractivity contribution >= 4 is 35.5 Å². The summed E-state index contributed by atoms with van der Waals surface area (Å²) < 4.78 is 0. The number of nitrogens with zero attached hydrogens (tertiary/aromatic N) is 2. The highest BCUT2D eigenvalue weighted by Gasteiger charge is 2.40. The molecule has 2 aromatic carbocycles. The van der Waals surface area contributed by atoms with Crippen molar-refractivity contribution < 1.29 is 9.59 Å². The molecule has 0 spiro atoms. The third-order valence-corrected chi connectivity index (χ3v) is 4.62. The fraction of sp³-hybridized carbons (Fsp3) is 0.158. The minimum atomic E-state index is -0.305. The monoisotopic (exact) mass is 338 g/mol. The molecule has 0 radical (unpaired) electrons. The van der Waals surface area contributed by atoms with Gasteiger partial charge >= 0.3 is 6.03 Å². The van der Waals surface area contributed by atoms with E-state index >= 15 is 0 Å². The number of urea groups is 1. The lowest BCUT2D eigenvalue weighted by molar-refractivity contribution is -0.122. The van der Waals surface area contributed by atoms with Crippen LogP contribution in [0.4, 0.5) is 10.5 Å². The fourth-order valence-electron chi connectivity index (χ4n) is 2.63. The number of amides is 3. The molecular weight excluding hydrogens is 320 g/mol. The van der Waals surface area contributed by atoms with Gasteiger partial charge in [0.25, 0.3) is 5.91 Å². The summed E-state index contributed by atoms with van der Waals surface area (Å²) >= 11 is 1.66. The van der Waals surface area contributed by atoms with E-state index in [1.165, 1.54) is 9.80 Å². The number of benzene rings is 2. The van der Waals surface area contributed by atoms with E-state index in [2.05, 4.69) is 0 Å². The maximum Gasteiger partial charge on any atom is 0.336 e. The molecule has 0 saturated carbocycles. The normalized spacial score (nSPS) is 16.3. The average molecular weight is 338 g/mol. The number of para-hydroxylation sites is 1. The molecule has 3 amide bonds. The predicted molar refractivity (Wildman–Crippen MR) is 97.9 cm³/mol. The Balaban J connectivity index is 2.05. The quantitative estimate of drug-likeness (QED) is 0.476. The number of anilines is 1. The maximum atomic E-state index is 12.6. The first-order chi connectivity index (χ1) is 11.7. The number of rotatable bonds is 4. The molecule has 0 aromatic heterocycles. The number of hydrogen-bond donors (Lipinski definition) is 0. The lowest BCUT2D eigenvalue weighted by Crippen LogP contribution is -2.32. The van der Waals surface area contributed by atoms with E-state index in [-0.39, 0.29) is 11.9 Å². The smallest absolute Gasteiger partial charge is 0.267 e. The van der Waals surface area contributed by atoms with Gasteiger partial charge in [0.05, 0.1) is 5.69 Å². The van der Waals surface area contributed by atoms with Crippen LogP contribution in [0, 0.1) is 0 Å². The van der Waals surface area contributed by atoms with E-state index in [4.69, 9.17) is 0 Å². The molecule has 0 N–H and O–H groups in total. The Bertz CT molecular complexity index is 785. The second-order valence-electron chi connectivity index (χ2n) is 5.31. The molecule has 1 saturated heterocycles. The minimum Gasteiger partial charge on any atom is -0.267 e. The molecule has 4 nitrogen and oxygen atoms in total. The molecule has 1 fully saturated rings. The summed E-state index contributed by atoms with van der Waals surface area (Å²) in [6.07, 6.45) is 3.79. The first-order valence-electron chi connectivity index (χ1n) is 7.72. The van der Waals surface area contributed by atoms with Gasteiger partial charge in [0, 0.05) is 11.4 Å². The Morgan fingerprint density at radius 3 is 2.25 bits per heavy atom. The average Bonchev–Trinajstić information content (AvgIpc) is 2.86. The summed E-state index contributed by atoms with van der Waals surface area (Å²) in [6, 6.07) is 16.9. The summed E-state index contributed by atoms with van der Waals surface area (Å²) in [5.41, 5.74) is 1.96. The predicted octanol–water partition coefficient (Wildman–Crippen LogP) is 4.24. The Kier molecular flexibility index (Phi) is 4.71. The lowest BCUT2D eigenvalue weighted by Gasteiger charge is -2.16. The van der Waals surface area contributed by atoms with E-state index in [0.29, 0.717) is 17.9 Å². The van der Waals surface area contributed by atoms with Crippen LogP contribution in [0.2, 0.25) is 0 Å². The molecular formula is C19H18N2O2S. The molecule has 1 heterocycles. The molecule has 5 heteroatoms. The highest BCUT2D eigenvalue weighted by atomic mass is 32.2. The van der Waals surface area contributed by atoms with Gasteiger partial charge in [-0.15, -0.1) is 11.8 Å². The highest BCUT2D eigenvalue weighted by molar-refractivity contribution is 7.98. The van der Waals surface area contributed by atoms with Crippen LogP contribution in [0.1, 0.15) is 12.5 Å². The summed E-state index contributed by atoms with van der Waals surface area (Å²) in [6.45, 7) is 2.15. The summed E-state index contributed by atoms with van der Waals surface area (Å²) in [7, 11) is 0. The molecule has 1 aliphatic rings. The van der Waals surface area contributed by atoms with Crippen LogP contribution in [0.3, 0.4) is 0 Å². The van der Waals surface area contributed by atoms with Gasteiger partial charge in [-0.25, -0.2) is 4.79 Å². The van der Waals surface area contributed by atoms with E-state index in [0.717, 1.165) is 10.5 Å². The second-order valence-corrected chi connectivity index (χ2v) is 6.19. The van der Waals surface area contributed by atoms with Crippen molar-refractivity contribution in [3.05, 3.63) is 65.9 Å². The van der Waals surface area contributed by atoms with Gasteiger partial charge < -0.3 is 0 Å². The largest absolute Gasteiger partial charge is 0.336 e. The Morgan fingerprint density at radius 1 is 1.00 bits per heavy atom. The Hall–Kier alpha value is -2.53. The van der Waals surface area contributed by atoms with Gasteiger partial charge in [-0.2, -0.15) is 0 Å². The number of hydrogen-bond acceptors (Lipinski definition) is 3. The van der Waals surface area contributed by atoms with E-state index in [9.17, 15) is 9.59 Å². The third-order valence-electron chi connectivity index (χ3n) is 3.88. The molecule has 0 atom stereocenters. The van der Waals surface area contributed by atoms with Crippen LogP contribution in [0.15, 0.2) is 65.2 Å². The van der Waals surface area contributed by atoms with E-state index in [1.807, 2.05) is 60.9 Å². The van der Waals surface area contributed by atoms with Crippen molar-refractivity contribution in [2.24, 2.45) is 0 Å². The van der Waals surface area contributed by atoms with Crippen LogP contribution in [-0.4, -0.2) is 29.6 Å². The first-order valence-corrected chi connectivity index (χ1v) is 8.95. The molecule has 1 aliphatic heterocycles. The molecule has 122 valence electrons. The summed E-state index contributed by atoms with van der Waals surface area (Å²) in [5, 5.41) is 0. The summed E-state index contributed by atoms with van der Waals surface area (Å²) in [4.78, 5) is 29.2. The van der Waals surface area contributed by atoms with Gasteiger partial charge in [0.1, 0.15) is 5.70 Å². The van der Waals surface area contributed by atoms with Crippen LogP contribution in [0.5, 0.6) is 0 Å². The number of thioether (sulfide) groups is 1. The molecule has 3 rings (SSSR count). The number of likely N-dealkylation sites (N-methyl/N-ethyl adjacent to an activating group) is 1. The fourth-order valence-corrected chi connectivity index (χ4v) is 3.04. The molecule has 24 heavy (non-hydrogen) atoms. The highest BCUT2D eigenvalue weighted by Crippen LogP contribution is 2.29. The van der Waals surface area contributed by atoms with Crippen molar-refractivity contribution in [1.29, 1.82) is 0 Å². The summed E-state index contributed by atoms with van der Waals surface area (Å²) in [5.74, 6) is -0.264. The van der Waals surface area contributed by atoms with Gasteiger partial charge in [-0.1, -0.05) is 30.3 Å². The maximum absolute atomic E-state index is 12.6. The van der Waals surface area contributed by atoms with E-state index < -0.39 is 0 Å². The number of carbonyl (C=O) groups excluding carboxylic acids is 2. The van der Waals surface area contributed by atoms with Gasteiger partial charge in [0.2, 0.25) is 0 Å². The van der Waals surface area contributed by atoms with Crippen molar-refractivity contribution in [3.8, 4) is 0 Å². The van der Waals surface area contributed by atoms with Crippen LogP contribution < -0.4 is 4.90 Å². The number of imide groups is 1. The SMILES string of the molecule is CCN1C(=O)/C(=C\c2ccc(SC)cc2)N(c2ccccc2)C1=O. The van der Waals surface area contributed by atoms with E-state index in [1.54, 1.807) is 24.8 Å². The molecule has 0 aliphatic carbocycles. The van der Waals surface area contributed by atoms with Crippen molar-refractivity contribution in [3.63, 3.8) is 0 Å². The van der Waals surface area contributed by atoms with Gasteiger partial charge in [-0.3, -0.25) is 14.6 Å². The van der Waals surface area contributed by atoms with Gasteiger partial charge in [0.15, 0.2) is 0 Å². The zero-order valence-corrected chi connectivity index (χ0v) is 14.4. The van der Waals surface area contributed by atoms with Crippen molar-refractivity contribution in [2.45, 2.75) is 11.8 Å². The van der Waals surface area contributed by atoms with Crippen LogP contribution in [0.25, 0.3) is 6.08 Å². The number of carbonyl (C=O) groups is 2. The zero-order chi connectivity index (χ0) is 17.1. The molecule has 2 aromatic rings. The standard InChI is InChI=1S/C19H18N2O2S/c1-3-20-18(22)17(13-14-9-11-16(24-2)12-10-14)21(19(20)23)15-7-5-4-6-8-15/h4-13H,3H2,1-2H3/b17-13+. The lowest BCUT2D eigenvalue weighted by atomic mass is 10.1. The van der Waals surface area contributed by atoms with Crippen molar-refractivity contribution in [2.75, 3.05) is 17.7 Å². The van der Waals surface area contributed by atoms with Gasteiger partial charge in [-0.05, 0) is 49.1 Å². The minimum absolute atomic E-state index is 0.264. The first kappa shape index (κ1) is 16.3. The third kappa shape index (κ3) is 2.95. The van der Waals surface area contributed by atoms with Crippen LogP contribution >= 0.6 is 11.8 Å². The van der Waals surface area contributed by atoms with Crippen LogP contribution in [-0.2, 0) is 4.79 Å². The zero-order valence-electron chi connectivity index (χ0n) is 13.6. The topological polar surface area (TPSA) is 40.6 Å². The Labute approximate surface area is 145 Å². The molecule has 0 unspecified atom stereocenters.